The number of rotatable bonds is 4. The van der Waals surface area contributed by atoms with E-state index in [0.29, 0.717) is 24.0 Å². The van der Waals surface area contributed by atoms with Crippen molar-refractivity contribution in [1.29, 1.82) is 0 Å². The molecule has 0 atom stereocenters. The third-order valence-corrected chi connectivity index (χ3v) is 4.02. The summed E-state index contributed by atoms with van der Waals surface area (Å²) >= 11 is 1.55. The molecule has 2 heterocycles. The zero-order valence-corrected chi connectivity index (χ0v) is 12.2. The van der Waals surface area contributed by atoms with Crippen LogP contribution in [-0.2, 0) is 6.54 Å². The summed E-state index contributed by atoms with van der Waals surface area (Å²) in [7, 11) is 0. The van der Waals surface area contributed by atoms with E-state index in [-0.39, 0.29) is 5.82 Å². The summed E-state index contributed by atoms with van der Waals surface area (Å²) < 4.78 is 4.76. The van der Waals surface area contributed by atoms with Crippen molar-refractivity contribution in [2.24, 2.45) is 0 Å². The fraction of sp³-hybridized carbons (Fsp3) is 0.385. The Morgan fingerprint density at radius 2 is 2.35 bits per heavy atom. The average molecular weight is 290 g/mol. The lowest BCUT2D eigenvalue weighted by Gasteiger charge is -2.08. The third kappa shape index (κ3) is 2.86. The van der Waals surface area contributed by atoms with Crippen molar-refractivity contribution in [3.05, 3.63) is 39.0 Å². The van der Waals surface area contributed by atoms with E-state index in [4.69, 9.17) is 11.1 Å². The van der Waals surface area contributed by atoms with E-state index in [1.165, 1.54) is 0 Å². The molecule has 0 aromatic carbocycles. The molecule has 0 aliphatic rings. The van der Waals surface area contributed by atoms with Crippen LogP contribution in [0.5, 0.6) is 0 Å². The first-order chi connectivity index (χ1) is 9.52. The van der Waals surface area contributed by atoms with Crippen molar-refractivity contribution < 1.29 is 9.32 Å². The predicted octanol–water partition coefficient (Wildman–Crippen LogP) is 3.04. The molecule has 0 saturated carbocycles. The quantitative estimate of drug-likeness (QED) is 0.878. The molecule has 0 aliphatic heterocycles. The minimum atomic E-state index is -0.404. The van der Waals surface area contributed by atoms with E-state index >= 15 is 0 Å². The van der Waals surface area contributed by atoms with Crippen molar-refractivity contribution >= 4 is 22.9 Å². The van der Waals surface area contributed by atoms with Crippen LogP contribution in [0.3, 0.4) is 0 Å². The first-order valence-corrected chi connectivity index (χ1v) is 6.97. The number of aryl methyl sites for hydroxylation is 1. The molecule has 7 heteroatoms. The highest BCUT2D eigenvalue weighted by molar-refractivity contribution is 7.10. The molecule has 1 N–H and O–H groups in total. The van der Waals surface area contributed by atoms with E-state index < -0.39 is 5.91 Å². The summed E-state index contributed by atoms with van der Waals surface area (Å²) in [6.45, 7) is 13.2. The first kappa shape index (κ1) is 14.2. The molecule has 0 saturated heterocycles. The molecule has 104 valence electrons. The second-order valence-corrected chi connectivity index (χ2v) is 5.46. The largest absolute Gasteiger partial charge is 0.346 e. The summed E-state index contributed by atoms with van der Waals surface area (Å²) in [6, 6.07) is 0. The van der Waals surface area contributed by atoms with Crippen molar-refractivity contribution in [3.8, 4) is 0 Å². The highest BCUT2D eigenvalue weighted by Gasteiger charge is 2.17. The maximum absolute atomic E-state index is 11.9. The summed E-state index contributed by atoms with van der Waals surface area (Å²) in [5.74, 6) is 0.261. The second-order valence-electron chi connectivity index (χ2n) is 4.55. The number of carbonyl (C=O) groups excluding carboxylic acids is 1. The first-order valence-electron chi connectivity index (χ1n) is 6.09. The molecule has 2 rings (SSSR count). The number of thiophene rings is 1. The van der Waals surface area contributed by atoms with Crippen LogP contribution in [0.15, 0.2) is 9.90 Å². The minimum Gasteiger partial charge on any atom is -0.346 e. The molecule has 0 fully saturated rings. The standard InChI is InChI=1S/C13H14N4O2S/c1-7(2)11-9(10(14-4)6-20-11)5-15-13(18)12-16-8(3)19-17-12/h6-7H,5H2,1-3H3,(H,15,18). The topological polar surface area (TPSA) is 72.4 Å². The number of aromatic nitrogens is 2. The van der Waals surface area contributed by atoms with Gasteiger partial charge in [0.05, 0.1) is 6.57 Å². The van der Waals surface area contributed by atoms with Crippen LogP contribution in [0.4, 0.5) is 5.69 Å². The molecule has 0 radical (unpaired) electrons. The highest BCUT2D eigenvalue weighted by Crippen LogP contribution is 2.34. The minimum absolute atomic E-state index is 0.00758. The van der Waals surface area contributed by atoms with Gasteiger partial charge in [-0.05, 0) is 16.9 Å². The van der Waals surface area contributed by atoms with Gasteiger partial charge < -0.3 is 9.84 Å². The molecule has 6 nitrogen and oxygen atoms in total. The Morgan fingerprint density at radius 1 is 1.60 bits per heavy atom. The number of hydrogen-bond acceptors (Lipinski definition) is 5. The Labute approximate surface area is 120 Å². The molecule has 0 unspecified atom stereocenters. The number of nitrogens with zero attached hydrogens (tertiary/aromatic N) is 3. The molecule has 1 amide bonds. The lowest BCUT2D eigenvalue weighted by atomic mass is 10.1. The van der Waals surface area contributed by atoms with Gasteiger partial charge in [-0.2, -0.15) is 16.3 Å². The summed E-state index contributed by atoms with van der Waals surface area (Å²) in [5, 5.41) is 8.11. The van der Waals surface area contributed by atoms with Gasteiger partial charge in [0.1, 0.15) is 0 Å². The Balaban J connectivity index is 2.13. The fourth-order valence-corrected chi connectivity index (χ4v) is 2.81. The van der Waals surface area contributed by atoms with Gasteiger partial charge in [-0.25, -0.2) is 4.85 Å². The smallest absolute Gasteiger partial charge is 0.292 e. The molecule has 0 aliphatic carbocycles. The summed E-state index contributed by atoms with van der Waals surface area (Å²) in [5.41, 5.74) is 1.46. The molecule has 2 aromatic rings. The van der Waals surface area contributed by atoms with Crippen LogP contribution in [-0.4, -0.2) is 16.0 Å². The van der Waals surface area contributed by atoms with Crippen molar-refractivity contribution in [2.45, 2.75) is 33.2 Å². The van der Waals surface area contributed by atoms with Gasteiger partial charge in [-0.15, -0.1) is 0 Å². The van der Waals surface area contributed by atoms with Crippen LogP contribution < -0.4 is 5.32 Å². The van der Waals surface area contributed by atoms with Crippen molar-refractivity contribution in [3.63, 3.8) is 0 Å². The zero-order chi connectivity index (χ0) is 14.7. The lowest BCUT2D eigenvalue weighted by molar-refractivity contribution is 0.0937. The summed E-state index contributed by atoms with van der Waals surface area (Å²) in [4.78, 5) is 20.3. The van der Waals surface area contributed by atoms with E-state index in [1.54, 1.807) is 18.3 Å². The van der Waals surface area contributed by atoms with Gasteiger partial charge in [0, 0.05) is 18.3 Å². The molecule has 20 heavy (non-hydrogen) atoms. The monoisotopic (exact) mass is 290 g/mol. The predicted molar refractivity (Wildman–Crippen MR) is 74.9 cm³/mol. The Hall–Kier alpha value is -2.20. The molecule has 2 aromatic heterocycles. The zero-order valence-electron chi connectivity index (χ0n) is 11.4. The maximum atomic E-state index is 11.9. The lowest BCUT2D eigenvalue weighted by Crippen LogP contribution is -2.24. The van der Waals surface area contributed by atoms with Crippen molar-refractivity contribution in [2.75, 3.05) is 0 Å². The molecule has 0 bridgehead atoms. The van der Waals surface area contributed by atoms with Crippen LogP contribution >= 0.6 is 11.3 Å². The normalized spacial score (nSPS) is 10.6. The average Bonchev–Trinajstić information content (AvgIpc) is 3.01. The summed E-state index contributed by atoms with van der Waals surface area (Å²) in [6.07, 6.45) is 0. The number of amides is 1. The Kier molecular flexibility index (Phi) is 4.15. The van der Waals surface area contributed by atoms with E-state index in [9.17, 15) is 4.79 Å². The van der Waals surface area contributed by atoms with Crippen LogP contribution in [0.2, 0.25) is 0 Å². The molecular weight excluding hydrogens is 276 g/mol. The van der Waals surface area contributed by atoms with E-state index in [0.717, 1.165) is 10.4 Å². The Morgan fingerprint density at radius 3 is 2.90 bits per heavy atom. The van der Waals surface area contributed by atoms with Crippen molar-refractivity contribution in [1.82, 2.24) is 15.5 Å². The molecule has 0 spiro atoms. The fourth-order valence-electron chi connectivity index (χ4n) is 1.78. The Bertz CT molecular complexity index is 666. The van der Waals surface area contributed by atoms with Gasteiger partial charge in [-0.1, -0.05) is 19.0 Å². The number of nitrogens with one attached hydrogen (secondary N) is 1. The van der Waals surface area contributed by atoms with E-state index in [1.807, 2.05) is 5.38 Å². The van der Waals surface area contributed by atoms with E-state index in [2.05, 4.69) is 34.1 Å². The third-order valence-electron chi connectivity index (χ3n) is 2.71. The number of carbonyl (C=O) groups is 1. The SMILES string of the molecule is [C-]#[N+]c1csc(C(C)C)c1CNC(=O)c1noc(C)n1. The van der Waals surface area contributed by atoms with Gasteiger partial charge in [-0.3, -0.25) is 4.79 Å². The second kappa shape index (κ2) is 5.84. The van der Waals surface area contributed by atoms with Gasteiger partial charge in [0.15, 0.2) is 0 Å². The van der Waals surface area contributed by atoms with Gasteiger partial charge in [0.25, 0.3) is 11.7 Å². The van der Waals surface area contributed by atoms with Gasteiger partial charge >= 0.3 is 0 Å². The van der Waals surface area contributed by atoms with Crippen LogP contribution in [0, 0.1) is 13.5 Å². The van der Waals surface area contributed by atoms with Crippen LogP contribution in [0.25, 0.3) is 4.85 Å². The molecular formula is C13H14N4O2S. The maximum Gasteiger partial charge on any atom is 0.292 e. The number of hydrogen-bond donors (Lipinski definition) is 1. The van der Waals surface area contributed by atoms with Gasteiger partial charge in [0.2, 0.25) is 11.6 Å². The highest BCUT2D eigenvalue weighted by atomic mass is 32.1. The van der Waals surface area contributed by atoms with Crippen LogP contribution in [0.1, 0.15) is 46.7 Å².